The fourth-order valence-corrected chi connectivity index (χ4v) is 2.38. The van der Waals surface area contributed by atoms with Crippen molar-refractivity contribution >= 4 is 18.0 Å². The predicted molar refractivity (Wildman–Crippen MR) is 103 cm³/mol. The Bertz CT molecular complexity index is 910. The van der Waals surface area contributed by atoms with Gasteiger partial charge in [-0.2, -0.15) is 5.10 Å². The molecule has 28 heavy (non-hydrogen) atoms. The molecule has 0 aliphatic carbocycles. The fraction of sp³-hybridized carbons (Fsp3) is 0.150. The van der Waals surface area contributed by atoms with Gasteiger partial charge in [-0.1, -0.05) is 24.8 Å². The van der Waals surface area contributed by atoms with Gasteiger partial charge in [-0.15, -0.1) is 0 Å². The van der Waals surface area contributed by atoms with Crippen LogP contribution in [0.3, 0.4) is 0 Å². The number of ether oxygens (including phenoxy) is 3. The monoisotopic (exact) mass is 381 g/mol. The van der Waals surface area contributed by atoms with Crippen LogP contribution in [0.5, 0.6) is 17.2 Å². The van der Waals surface area contributed by atoms with Crippen LogP contribution in [0.15, 0.2) is 60.2 Å². The van der Waals surface area contributed by atoms with Crippen molar-refractivity contribution in [1.29, 1.82) is 0 Å². The minimum absolute atomic E-state index is 0.128. The van der Waals surface area contributed by atoms with Crippen LogP contribution in [-0.2, 0) is 4.79 Å². The van der Waals surface area contributed by atoms with Gasteiger partial charge in [0, 0.05) is 11.1 Å². The molecule has 0 spiro atoms. The SMILES string of the molecule is C=CCOc1ccccc1/C=N\NC(=O)CNC(=O)c1ccc2c(c1)OCO2. The lowest BCUT2D eigenvalue weighted by atomic mass is 10.2. The van der Waals surface area contributed by atoms with Crippen LogP contribution in [0.4, 0.5) is 0 Å². The lowest BCUT2D eigenvalue weighted by Gasteiger charge is -2.07. The molecule has 2 aromatic carbocycles. The first-order chi connectivity index (χ1) is 13.7. The van der Waals surface area contributed by atoms with E-state index in [1.54, 1.807) is 36.4 Å². The summed E-state index contributed by atoms with van der Waals surface area (Å²) in [6.07, 6.45) is 3.11. The topological polar surface area (TPSA) is 98.2 Å². The number of benzene rings is 2. The lowest BCUT2D eigenvalue weighted by Crippen LogP contribution is -2.34. The van der Waals surface area contributed by atoms with E-state index in [1.165, 1.54) is 6.21 Å². The number of nitrogens with zero attached hydrogens (tertiary/aromatic N) is 1. The molecule has 0 aromatic heterocycles. The Morgan fingerprint density at radius 1 is 1.18 bits per heavy atom. The highest BCUT2D eigenvalue weighted by molar-refractivity contribution is 5.97. The Hall–Kier alpha value is -3.81. The number of carbonyl (C=O) groups excluding carboxylic acids is 2. The molecule has 2 N–H and O–H groups in total. The molecule has 2 amide bonds. The van der Waals surface area contributed by atoms with Crippen molar-refractivity contribution in [1.82, 2.24) is 10.7 Å². The van der Waals surface area contributed by atoms with Crippen molar-refractivity contribution in [3.63, 3.8) is 0 Å². The van der Waals surface area contributed by atoms with Gasteiger partial charge >= 0.3 is 0 Å². The van der Waals surface area contributed by atoms with Crippen molar-refractivity contribution in [2.45, 2.75) is 0 Å². The van der Waals surface area contributed by atoms with Crippen LogP contribution in [0.2, 0.25) is 0 Å². The molecule has 8 heteroatoms. The number of rotatable bonds is 8. The average molecular weight is 381 g/mol. The quantitative estimate of drug-likeness (QED) is 0.413. The van der Waals surface area contributed by atoms with Crippen LogP contribution in [0.25, 0.3) is 0 Å². The zero-order valence-corrected chi connectivity index (χ0v) is 15.0. The summed E-state index contributed by atoms with van der Waals surface area (Å²) in [5, 5.41) is 6.41. The van der Waals surface area contributed by atoms with Gasteiger partial charge in [-0.3, -0.25) is 9.59 Å². The van der Waals surface area contributed by atoms with Gasteiger partial charge in [0.05, 0.1) is 12.8 Å². The molecule has 0 saturated heterocycles. The smallest absolute Gasteiger partial charge is 0.259 e. The van der Waals surface area contributed by atoms with E-state index in [-0.39, 0.29) is 13.3 Å². The van der Waals surface area contributed by atoms with E-state index in [0.717, 1.165) is 0 Å². The number of para-hydroxylation sites is 1. The minimum atomic E-state index is -0.463. The van der Waals surface area contributed by atoms with E-state index in [0.29, 0.717) is 35.0 Å². The minimum Gasteiger partial charge on any atom is -0.489 e. The summed E-state index contributed by atoms with van der Waals surface area (Å²) in [4.78, 5) is 24.0. The number of carbonyl (C=O) groups is 2. The van der Waals surface area contributed by atoms with Crippen LogP contribution >= 0.6 is 0 Å². The Balaban J connectivity index is 1.49. The van der Waals surface area contributed by atoms with E-state index in [4.69, 9.17) is 14.2 Å². The number of nitrogens with one attached hydrogen (secondary N) is 2. The molecule has 2 aromatic rings. The molecule has 1 aliphatic heterocycles. The molecule has 144 valence electrons. The largest absolute Gasteiger partial charge is 0.489 e. The maximum Gasteiger partial charge on any atom is 0.259 e. The van der Waals surface area contributed by atoms with Crippen LogP contribution in [0, 0.1) is 0 Å². The van der Waals surface area contributed by atoms with Crippen LogP contribution in [-0.4, -0.2) is 38.0 Å². The molecule has 0 saturated carbocycles. The highest BCUT2D eigenvalue weighted by Gasteiger charge is 2.16. The first-order valence-corrected chi connectivity index (χ1v) is 8.50. The van der Waals surface area contributed by atoms with E-state index in [1.807, 2.05) is 12.1 Å². The molecule has 0 atom stereocenters. The van der Waals surface area contributed by atoms with E-state index >= 15 is 0 Å². The molecular formula is C20H19N3O5. The van der Waals surface area contributed by atoms with Crippen molar-refractivity contribution in [2.75, 3.05) is 19.9 Å². The van der Waals surface area contributed by atoms with Gasteiger partial charge in [0.15, 0.2) is 11.5 Å². The molecule has 1 heterocycles. The molecule has 0 fully saturated rings. The Kier molecular flexibility index (Phi) is 6.25. The summed E-state index contributed by atoms with van der Waals surface area (Å²) in [5.74, 6) is 0.840. The second-order valence-electron chi connectivity index (χ2n) is 5.68. The van der Waals surface area contributed by atoms with E-state index in [2.05, 4.69) is 22.4 Å². The molecule has 3 rings (SSSR count). The second-order valence-corrected chi connectivity index (χ2v) is 5.68. The zero-order valence-electron chi connectivity index (χ0n) is 15.0. The second kappa shape index (κ2) is 9.22. The molecule has 0 bridgehead atoms. The summed E-state index contributed by atoms with van der Waals surface area (Å²) in [5.41, 5.74) is 3.43. The Labute approximate surface area is 161 Å². The molecule has 0 unspecified atom stereocenters. The highest BCUT2D eigenvalue weighted by Crippen LogP contribution is 2.32. The molecule has 0 radical (unpaired) electrons. The van der Waals surface area contributed by atoms with Gasteiger partial charge in [0.2, 0.25) is 6.79 Å². The van der Waals surface area contributed by atoms with Crippen molar-refractivity contribution in [3.05, 3.63) is 66.2 Å². The maximum absolute atomic E-state index is 12.1. The van der Waals surface area contributed by atoms with E-state index < -0.39 is 11.8 Å². The van der Waals surface area contributed by atoms with Gasteiger partial charge < -0.3 is 19.5 Å². The predicted octanol–water partition coefficient (Wildman–Crippen LogP) is 1.86. The van der Waals surface area contributed by atoms with E-state index in [9.17, 15) is 9.59 Å². The Morgan fingerprint density at radius 2 is 2.00 bits per heavy atom. The first kappa shape index (κ1) is 19.0. The average Bonchev–Trinajstić information content (AvgIpc) is 3.19. The van der Waals surface area contributed by atoms with Gasteiger partial charge in [-0.25, -0.2) is 5.43 Å². The van der Waals surface area contributed by atoms with Crippen molar-refractivity contribution < 1.29 is 23.8 Å². The summed E-state index contributed by atoms with van der Waals surface area (Å²) in [6, 6.07) is 12.1. The summed E-state index contributed by atoms with van der Waals surface area (Å²) in [7, 11) is 0. The summed E-state index contributed by atoms with van der Waals surface area (Å²) in [6.45, 7) is 3.87. The summed E-state index contributed by atoms with van der Waals surface area (Å²) < 4.78 is 15.9. The number of hydrogen-bond donors (Lipinski definition) is 2. The number of hydrogen-bond acceptors (Lipinski definition) is 6. The first-order valence-electron chi connectivity index (χ1n) is 8.50. The fourth-order valence-electron chi connectivity index (χ4n) is 2.38. The standard InChI is InChI=1S/C20H19N3O5/c1-2-9-26-16-6-4-3-5-15(16)11-22-23-19(24)12-21-20(25)14-7-8-17-18(10-14)28-13-27-17/h2-8,10-11H,1,9,12-13H2,(H,21,25)(H,23,24)/b22-11-. The van der Waals surface area contributed by atoms with Crippen molar-refractivity contribution in [3.8, 4) is 17.2 Å². The van der Waals surface area contributed by atoms with Gasteiger partial charge in [0.25, 0.3) is 11.8 Å². The van der Waals surface area contributed by atoms with Crippen LogP contribution < -0.4 is 25.0 Å². The normalized spacial score (nSPS) is 11.9. The van der Waals surface area contributed by atoms with Crippen LogP contribution in [0.1, 0.15) is 15.9 Å². The molecular weight excluding hydrogens is 362 g/mol. The van der Waals surface area contributed by atoms with Gasteiger partial charge in [-0.05, 0) is 30.3 Å². The van der Waals surface area contributed by atoms with Gasteiger partial charge in [0.1, 0.15) is 12.4 Å². The lowest BCUT2D eigenvalue weighted by molar-refractivity contribution is -0.120. The third kappa shape index (κ3) is 4.88. The zero-order chi connectivity index (χ0) is 19.8. The number of fused-ring (bicyclic) bond motifs is 1. The van der Waals surface area contributed by atoms with Crippen molar-refractivity contribution in [2.24, 2.45) is 5.10 Å². The third-order valence-corrected chi connectivity index (χ3v) is 3.71. The highest BCUT2D eigenvalue weighted by atomic mass is 16.7. The maximum atomic E-state index is 12.1. The Morgan fingerprint density at radius 3 is 2.86 bits per heavy atom. The third-order valence-electron chi connectivity index (χ3n) is 3.71. The number of hydrazone groups is 1. The molecule has 1 aliphatic rings. The summed E-state index contributed by atoms with van der Waals surface area (Å²) >= 11 is 0. The number of amides is 2. The molecule has 8 nitrogen and oxygen atoms in total.